The molecule has 0 bridgehead atoms. The lowest BCUT2D eigenvalue weighted by Gasteiger charge is -2.33. The van der Waals surface area contributed by atoms with Gasteiger partial charge in [0, 0.05) is 31.4 Å². The van der Waals surface area contributed by atoms with Crippen LogP contribution in [0.4, 0.5) is 0 Å². The van der Waals surface area contributed by atoms with Crippen molar-refractivity contribution in [2.45, 2.75) is 38.7 Å². The van der Waals surface area contributed by atoms with Crippen LogP contribution in [0.1, 0.15) is 30.4 Å². The molecule has 1 fully saturated rings. The van der Waals surface area contributed by atoms with Crippen molar-refractivity contribution < 1.29 is 9.53 Å². The predicted molar refractivity (Wildman–Crippen MR) is 99.0 cm³/mol. The number of carbonyl (C=O) groups is 1. The number of rotatable bonds is 5. The van der Waals surface area contributed by atoms with E-state index in [1.807, 2.05) is 11.0 Å². The lowest BCUT2D eigenvalue weighted by molar-refractivity contribution is -0.133. The molecule has 25 heavy (non-hydrogen) atoms. The Hall–Kier alpha value is -2.07. The maximum absolute atomic E-state index is 12.6. The minimum absolute atomic E-state index is 0.0171. The molecular formula is C20H23ClN2O2. The van der Waals surface area contributed by atoms with Crippen LogP contribution in [-0.2, 0) is 11.2 Å². The second-order valence-corrected chi connectivity index (χ2v) is 6.92. The van der Waals surface area contributed by atoms with Crippen LogP contribution >= 0.6 is 11.6 Å². The molecule has 0 radical (unpaired) electrons. The van der Waals surface area contributed by atoms with Gasteiger partial charge in [-0.15, -0.1) is 0 Å². The van der Waals surface area contributed by atoms with Crippen LogP contribution in [0.3, 0.4) is 0 Å². The Balaban J connectivity index is 1.53. The first kappa shape index (κ1) is 17.7. The summed E-state index contributed by atoms with van der Waals surface area (Å²) in [5.41, 5.74) is 2.44. The van der Waals surface area contributed by atoms with Crippen molar-refractivity contribution >= 4 is 17.5 Å². The van der Waals surface area contributed by atoms with Gasteiger partial charge in [0.1, 0.15) is 16.9 Å². The molecule has 1 aliphatic rings. The standard InChI is InChI=1S/C20H23ClN2O2/c1-15-4-2-5-16(12-15)7-8-20(24)23-11-3-6-17(14-23)25-19-9-10-22-13-18(19)21/h2,4-5,9-10,12-13,17H,3,6-8,11,14H2,1H3. The average molecular weight is 359 g/mol. The van der Waals surface area contributed by atoms with Gasteiger partial charge in [-0.2, -0.15) is 0 Å². The van der Waals surface area contributed by atoms with Gasteiger partial charge in [-0.25, -0.2) is 0 Å². The Kier molecular flexibility index (Phi) is 5.92. The minimum atomic E-state index is -0.0171. The number of nitrogens with zero attached hydrogens (tertiary/aromatic N) is 2. The van der Waals surface area contributed by atoms with Gasteiger partial charge < -0.3 is 9.64 Å². The topological polar surface area (TPSA) is 42.4 Å². The number of carbonyl (C=O) groups excluding carboxylic acids is 1. The van der Waals surface area contributed by atoms with E-state index in [-0.39, 0.29) is 12.0 Å². The summed E-state index contributed by atoms with van der Waals surface area (Å²) in [7, 11) is 0. The summed E-state index contributed by atoms with van der Waals surface area (Å²) >= 11 is 6.10. The van der Waals surface area contributed by atoms with Crippen molar-refractivity contribution in [3.63, 3.8) is 0 Å². The molecule has 0 saturated carbocycles. The Morgan fingerprint density at radius 2 is 2.28 bits per heavy atom. The first-order valence-electron chi connectivity index (χ1n) is 8.71. The van der Waals surface area contributed by atoms with Crippen molar-refractivity contribution in [1.82, 2.24) is 9.88 Å². The van der Waals surface area contributed by atoms with E-state index in [9.17, 15) is 4.79 Å². The fourth-order valence-corrected chi connectivity index (χ4v) is 3.34. The molecule has 1 aromatic heterocycles. The molecule has 3 rings (SSSR count). The van der Waals surface area contributed by atoms with Crippen molar-refractivity contribution in [1.29, 1.82) is 0 Å². The van der Waals surface area contributed by atoms with Gasteiger partial charge in [0.25, 0.3) is 0 Å². The normalized spacial score (nSPS) is 17.4. The molecule has 1 aromatic carbocycles. The average Bonchev–Trinajstić information content (AvgIpc) is 2.62. The number of amides is 1. The molecule has 0 aliphatic carbocycles. The Morgan fingerprint density at radius 1 is 1.40 bits per heavy atom. The number of halogens is 1. The van der Waals surface area contributed by atoms with Crippen LogP contribution in [0, 0.1) is 6.92 Å². The number of aryl methyl sites for hydroxylation is 2. The monoisotopic (exact) mass is 358 g/mol. The quantitative estimate of drug-likeness (QED) is 0.809. The fourth-order valence-electron chi connectivity index (χ4n) is 3.18. The summed E-state index contributed by atoms with van der Waals surface area (Å²) in [5.74, 6) is 0.825. The highest BCUT2D eigenvalue weighted by Crippen LogP contribution is 2.25. The lowest BCUT2D eigenvalue weighted by Crippen LogP contribution is -2.44. The van der Waals surface area contributed by atoms with E-state index in [0.717, 1.165) is 25.8 Å². The zero-order valence-corrected chi connectivity index (χ0v) is 15.2. The third kappa shape index (κ3) is 4.95. The minimum Gasteiger partial charge on any atom is -0.487 e. The third-order valence-corrected chi connectivity index (χ3v) is 4.75. The Morgan fingerprint density at radius 3 is 3.08 bits per heavy atom. The predicted octanol–water partition coefficient (Wildman–Crippen LogP) is 4.05. The fraction of sp³-hybridized carbons (Fsp3) is 0.400. The van der Waals surface area contributed by atoms with Crippen LogP contribution < -0.4 is 4.74 Å². The van der Waals surface area contributed by atoms with Crippen molar-refractivity contribution in [2.75, 3.05) is 13.1 Å². The summed E-state index contributed by atoms with van der Waals surface area (Å²) in [5, 5.41) is 0.505. The molecule has 0 spiro atoms. The van der Waals surface area contributed by atoms with Gasteiger partial charge in [-0.1, -0.05) is 41.4 Å². The van der Waals surface area contributed by atoms with Gasteiger partial charge in [-0.05, 0) is 31.7 Å². The van der Waals surface area contributed by atoms with E-state index in [2.05, 4.69) is 30.1 Å². The second-order valence-electron chi connectivity index (χ2n) is 6.52. The molecule has 5 heteroatoms. The van der Waals surface area contributed by atoms with Gasteiger partial charge in [0.05, 0.1) is 6.54 Å². The van der Waals surface area contributed by atoms with Crippen LogP contribution in [0.5, 0.6) is 5.75 Å². The lowest BCUT2D eigenvalue weighted by atomic mass is 10.0. The van der Waals surface area contributed by atoms with Crippen LogP contribution in [0.25, 0.3) is 0 Å². The van der Waals surface area contributed by atoms with Gasteiger partial charge in [0.2, 0.25) is 5.91 Å². The Labute approximate surface area is 153 Å². The molecule has 4 nitrogen and oxygen atoms in total. The SMILES string of the molecule is Cc1cccc(CCC(=O)N2CCCC(Oc3ccncc3Cl)C2)c1. The summed E-state index contributed by atoms with van der Waals surface area (Å²) in [6.07, 6.45) is 6.41. The van der Waals surface area contributed by atoms with E-state index in [1.165, 1.54) is 11.1 Å². The molecule has 1 unspecified atom stereocenters. The maximum atomic E-state index is 12.6. The molecule has 2 aromatic rings. The van der Waals surface area contributed by atoms with E-state index in [0.29, 0.717) is 23.7 Å². The summed E-state index contributed by atoms with van der Waals surface area (Å²) in [6, 6.07) is 10.1. The highest BCUT2D eigenvalue weighted by Gasteiger charge is 2.25. The smallest absolute Gasteiger partial charge is 0.223 e. The molecule has 1 amide bonds. The van der Waals surface area contributed by atoms with Crippen LogP contribution in [0.2, 0.25) is 5.02 Å². The zero-order chi connectivity index (χ0) is 17.6. The van der Waals surface area contributed by atoms with E-state index >= 15 is 0 Å². The highest BCUT2D eigenvalue weighted by molar-refractivity contribution is 6.31. The van der Waals surface area contributed by atoms with Crippen molar-refractivity contribution in [2.24, 2.45) is 0 Å². The molecule has 1 atom stereocenters. The number of likely N-dealkylation sites (tertiary alicyclic amines) is 1. The van der Waals surface area contributed by atoms with Gasteiger partial charge in [0.15, 0.2) is 0 Å². The molecule has 2 heterocycles. The number of hydrogen-bond donors (Lipinski definition) is 0. The van der Waals surface area contributed by atoms with Crippen LogP contribution in [0.15, 0.2) is 42.7 Å². The number of hydrogen-bond acceptors (Lipinski definition) is 3. The first-order chi connectivity index (χ1) is 12.1. The summed E-state index contributed by atoms with van der Waals surface area (Å²) < 4.78 is 5.98. The number of benzene rings is 1. The van der Waals surface area contributed by atoms with Crippen molar-refractivity contribution in [3.05, 3.63) is 58.9 Å². The van der Waals surface area contributed by atoms with Gasteiger partial charge in [-0.3, -0.25) is 9.78 Å². The summed E-state index contributed by atoms with van der Waals surface area (Å²) in [6.45, 7) is 3.49. The maximum Gasteiger partial charge on any atom is 0.223 e. The highest BCUT2D eigenvalue weighted by atomic mass is 35.5. The third-order valence-electron chi connectivity index (χ3n) is 4.47. The first-order valence-corrected chi connectivity index (χ1v) is 9.09. The Bertz CT molecular complexity index is 735. The molecular weight excluding hydrogens is 336 g/mol. The van der Waals surface area contributed by atoms with E-state index < -0.39 is 0 Å². The molecule has 1 saturated heterocycles. The number of piperidine rings is 1. The van der Waals surface area contributed by atoms with E-state index in [1.54, 1.807) is 18.5 Å². The van der Waals surface area contributed by atoms with Gasteiger partial charge >= 0.3 is 0 Å². The number of pyridine rings is 1. The summed E-state index contributed by atoms with van der Waals surface area (Å²) in [4.78, 5) is 18.4. The molecule has 1 aliphatic heterocycles. The molecule has 132 valence electrons. The van der Waals surface area contributed by atoms with Crippen LogP contribution in [-0.4, -0.2) is 35.0 Å². The molecule has 0 N–H and O–H groups in total. The zero-order valence-electron chi connectivity index (χ0n) is 14.5. The number of aromatic nitrogens is 1. The van der Waals surface area contributed by atoms with E-state index in [4.69, 9.17) is 16.3 Å². The second kappa shape index (κ2) is 8.34. The number of ether oxygens (including phenoxy) is 1. The largest absolute Gasteiger partial charge is 0.487 e. The van der Waals surface area contributed by atoms with Crippen molar-refractivity contribution in [3.8, 4) is 5.75 Å².